The van der Waals surface area contributed by atoms with Gasteiger partial charge in [-0.2, -0.15) is 0 Å². The zero-order valence-corrected chi connectivity index (χ0v) is 21.7. The van der Waals surface area contributed by atoms with E-state index in [2.05, 4.69) is 4.74 Å². The minimum atomic E-state index is -4.81. The van der Waals surface area contributed by atoms with E-state index in [4.69, 9.17) is 9.88 Å². The van der Waals surface area contributed by atoms with Crippen molar-refractivity contribution in [3.8, 4) is 11.5 Å². The summed E-state index contributed by atoms with van der Waals surface area (Å²) in [6.45, 7) is 8.12. The SMILES string of the molecule is CC(C)(C)C(C)(CCCCC(=O)c1cc2c(c(S(N)(=O)=O)c1)OCC2)c1ccccc1OC(F)(F)F. The number of carbonyl (C=O) groups excluding carboxylic acids is 1. The Morgan fingerprint density at radius 3 is 2.36 bits per heavy atom. The lowest BCUT2D eigenvalue weighted by molar-refractivity contribution is -0.275. The molecule has 1 aliphatic heterocycles. The highest BCUT2D eigenvalue weighted by Crippen LogP contribution is 2.49. The zero-order chi connectivity index (χ0) is 26.9. The second kappa shape index (κ2) is 10.0. The Bertz CT molecular complexity index is 1240. The number of alkyl halides is 3. The summed E-state index contributed by atoms with van der Waals surface area (Å²) in [5.74, 6) is -0.253. The first-order chi connectivity index (χ1) is 16.5. The van der Waals surface area contributed by atoms with Crippen LogP contribution < -0.4 is 14.6 Å². The number of benzene rings is 2. The molecule has 36 heavy (non-hydrogen) atoms. The van der Waals surface area contributed by atoms with Gasteiger partial charge >= 0.3 is 6.36 Å². The molecule has 1 atom stereocenters. The van der Waals surface area contributed by atoms with Crippen LogP contribution in [0.15, 0.2) is 41.3 Å². The van der Waals surface area contributed by atoms with Gasteiger partial charge < -0.3 is 9.47 Å². The number of para-hydroxylation sites is 1. The summed E-state index contributed by atoms with van der Waals surface area (Å²) < 4.78 is 72.8. The number of nitrogens with two attached hydrogens (primary N) is 1. The van der Waals surface area contributed by atoms with Crippen molar-refractivity contribution in [3.63, 3.8) is 0 Å². The van der Waals surface area contributed by atoms with E-state index in [0.717, 1.165) is 0 Å². The molecule has 1 unspecified atom stereocenters. The normalized spacial score (nSPS) is 15.7. The molecule has 0 bridgehead atoms. The van der Waals surface area contributed by atoms with Gasteiger partial charge in [0.25, 0.3) is 0 Å². The summed E-state index contributed by atoms with van der Waals surface area (Å²) in [5.41, 5.74) is 0.255. The molecular formula is C26H32F3NO5S. The van der Waals surface area contributed by atoms with Gasteiger partial charge in [-0.15, -0.1) is 13.2 Å². The number of fused-ring (bicyclic) bond motifs is 1. The van der Waals surface area contributed by atoms with Crippen LogP contribution in [0.25, 0.3) is 0 Å². The van der Waals surface area contributed by atoms with Crippen molar-refractivity contribution in [3.05, 3.63) is 53.1 Å². The molecule has 2 aromatic carbocycles. The maximum Gasteiger partial charge on any atom is 0.573 e. The van der Waals surface area contributed by atoms with Gasteiger partial charge in [0.15, 0.2) is 5.78 Å². The average Bonchev–Trinajstić information content (AvgIpc) is 3.22. The van der Waals surface area contributed by atoms with Crippen LogP contribution in [0.3, 0.4) is 0 Å². The Balaban J connectivity index is 1.76. The van der Waals surface area contributed by atoms with Crippen molar-refractivity contribution in [2.24, 2.45) is 10.6 Å². The molecular weight excluding hydrogens is 495 g/mol. The molecule has 2 N–H and O–H groups in total. The average molecular weight is 528 g/mol. The molecule has 3 rings (SSSR count). The third-order valence-electron chi connectivity index (χ3n) is 7.07. The van der Waals surface area contributed by atoms with Crippen molar-refractivity contribution < 1.29 is 35.9 Å². The summed E-state index contributed by atoms with van der Waals surface area (Å²) in [6, 6.07) is 9.06. The smallest absolute Gasteiger partial charge is 0.492 e. The van der Waals surface area contributed by atoms with E-state index in [1.807, 2.05) is 27.7 Å². The van der Waals surface area contributed by atoms with Crippen LogP contribution in [-0.2, 0) is 21.9 Å². The molecule has 0 saturated carbocycles. The van der Waals surface area contributed by atoms with E-state index in [0.29, 0.717) is 43.4 Å². The summed E-state index contributed by atoms with van der Waals surface area (Å²) in [7, 11) is -4.06. The van der Waals surface area contributed by atoms with E-state index in [1.54, 1.807) is 18.2 Å². The topological polar surface area (TPSA) is 95.7 Å². The first-order valence-corrected chi connectivity index (χ1v) is 13.3. The van der Waals surface area contributed by atoms with Gasteiger partial charge in [0.2, 0.25) is 10.0 Å². The monoisotopic (exact) mass is 527 g/mol. The van der Waals surface area contributed by atoms with E-state index in [1.165, 1.54) is 18.2 Å². The van der Waals surface area contributed by atoms with E-state index in [-0.39, 0.29) is 34.2 Å². The second-order valence-corrected chi connectivity index (χ2v) is 11.9. The number of ketones is 1. The molecule has 0 fully saturated rings. The number of halogens is 3. The summed E-state index contributed by atoms with van der Waals surface area (Å²) in [5, 5.41) is 5.32. The van der Waals surface area contributed by atoms with E-state index in [9.17, 15) is 26.4 Å². The third kappa shape index (κ3) is 6.21. The van der Waals surface area contributed by atoms with Crippen molar-refractivity contribution in [2.45, 2.75) is 76.5 Å². The Morgan fingerprint density at radius 2 is 1.75 bits per heavy atom. The van der Waals surface area contributed by atoms with Gasteiger partial charge in [0, 0.05) is 29.4 Å². The maximum absolute atomic E-state index is 13.0. The summed E-state index contributed by atoms with van der Waals surface area (Å²) in [4.78, 5) is 12.7. The highest BCUT2D eigenvalue weighted by atomic mass is 32.2. The maximum atomic E-state index is 13.0. The lowest BCUT2D eigenvalue weighted by Gasteiger charge is -2.43. The molecule has 1 aliphatic rings. The van der Waals surface area contributed by atoms with Crippen LogP contribution in [0.5, 0.6) is 11.5 Å². The zero-order valence-electron chi connectivity index (χ0n) is 20.9. The molecule has 198 valence electrons. The van der Waals surface area contributed by atoms with E-state index >= 15 is 0 Å². The predicted molar refractivity (Wildman–Crippen MR) is 130 cm³/mol. The molecule has 0 radical (unpaired) electrons. The van der Waals surface area contributed by atoms with Crippen molar-refractivity contribution in [2.75, 3.05) is 6.61 Å². The molecule has 1 heterocycles. The minimum absolute atomic E-state index is 0.157. The number of primary sulfonamides is 1. The predicted octanol–water partition coefficient (Wildman–Crippen LogP) is 5.91. The molecule has 2 aromatic rings. The molecule has 6 nitrogen and oxygen atoms in total. The number of hydrogen-bond acceptors (Lipinski definition) is 5. The molecule has 0 amide bonds. The Labute approximate surface area is 210 Å². The Morgan fingerprint density at radius 1 is 1.08 bits per heavy atom. The number of sulfonamides is 1. The summed E-state index contributed by atoms with van der Waals surface area (Å²) >= 11 is 0. The number of Topliss-reactive ketones (excluding diaryl/α,β-unsaturated/α-hetero) is 1. The standard InChI is InChI=1S/C26H32F3NO5S/c1-24(2,3)25(4,19-9-5-6-11-21(19)35-26(27,28)29)13-8-7-10-20(31)18-15-17-12-14-34-23(17)22(16-18)36(30,32)33/h5-6,9,11,15-16H,7-8,10,12-14H2,1-4H3,(H2,30,32,33). The van der Waals surface area contributed by atoms with Crippen LogP contribution in [0.1, 0.15) is 74.9 Å². The van der Waals surface area contributed by atoms with Gasteiger partial charge in [-0.25, -0.2) is 13.6 Å². The number of hydrogen-bond donors (Lipinski definition) is 1. The van der Waals surface area contributed by atoms with Gasteiger partial charge in [0.1, 0.15) is 16.4 Å². The fourth-order valence-corrected chi connectivity index (χ4v) is 5.34. The van der Waals surface area contributed by atoms with Gasteiger partial charge in [-0.3, -0.25) is 4.79 Å². The first kappa shape index (κ1) is 28.0. The molecule has 0 aromatic heterocycles. The fraction of sp³-hybridized carbons (Fsp3) is 0.500. The number of carbonyl (C=O) groups is 1. The lowest BCUT2D eigenvalue weighted by Crippen LogP contribution is -2.38. The molecule has 0 spiro atoms. The molecule has 10 heteroatoms. The Hall–Kier alpha value is -2.59. The number of rotatable bonds is 9. The summed E-state index contributed by atoms with van der Waals surface area (Å²) in [6.07, 6.45) is -2.60. The largest absolute Gasteiger partial charge is 0.573 e. The van der Waals surface area contributed by atoms with Crippen molar-refractivity contribution >= 4 is 15.8 Å². The van der Waals surface area contributed by atoms with Crippen LogP contribution in [-0.4, -0.2) is 27.2 Å². The number of unbranched alkanes of at least 4 members (excludes halogenated alkanes) is 1. The second-order valence-electron chi connectivity index (χ2n) is 10.4. The van der Waals surface area contributed by atoms with Crippen LogP contribution in [0.2, 0.25) is 0 Å². The fourth-order valence-electron chi connectivity index (χ4n) is 4.60. The molecule has 0 aliphatic carbocycles. The van der Waals surface area contributed by atoms with Gasteiger partial charge in [-0.05, 0) is 42.0 Å². The number of ether oxygens (including phenoxy) is 2. The van der Waals surface area contributed by atoms with Crippen molar-refractivity contribution in [1.82, 2.24) is 0 Å². The van der Waals surface area contributed by atoms with Crippen molar-refractivity contribution in [1.29, 1.82) is 0 Å². The van der Waals surface area contributed by atoms with Gasteiger partial charge in [-0.1, -0.05) is 52.3 Å². The quantitative estimate of drug-likeness (QED) is 0.323. The first-order valence-electron chi connectivity index (χ1n) is 11.7. The third-order valence-corrected chi connectivity index (χ3v) is 7.99. The molecule has 0 saturated heterocycles. The van der Waals surface area contributed by atoms with Crippen LogP contribution >= 0.6 is 0 Å². The van der Waals surface area contributed by atoms with Gasteiger partial charge in [0.05, 0.1) is 6.61 Å². The lowest BCUT2D eigenvalue weighted by atomic mass is 9.61. The minimum Gasteiger partial charge on any atom is -0.492 e. The Kier molecular flexibility index (Phi) is 7.81. The highest BCUT2D eigenvalue weighted by Gasteiger charge is 2.42. The van der Waals surface area contributed by atoms with E-state index < -0.39 is 27.2 Å². The highest BCUT2D eigenvalue weighted by molar-refractivity contribution is 7.89. The van der Waals surface area contributed by atoms with Crippen LogP contribution in [0.4, 0.5) is 13.2 Å². The van der Waals surface area contributed by atoms with Crippen LogP contribution in [0, 0.1) is 5.41 Å².